The lowest BCUT2D eigenvalue weighted by Gasteiger charge is -2.19. The molecule has 1 N–H and O–H groups in total. The van der Waals surface area contributed by atoms with Crippen molar-refractivity contribution in [3.8, 4) is 11.1 Å². The van der Waals surface area contributed by atoms with Crippen molar-refractivity contribution in [2.45, 2.75) is 13.0 Å². The lowest BCUT2D eigenvalue weighted by Crippen LogP contribution is -2.32. The van der Waals surface area contributed by atoms with Crippen molar-refractivity contribution in [3.63, 3.8) is 0 Å². The lowest BCUT2D eigenvalue weighted by molar-refractivity contribution is 0.0697. The van der Waals surface area contributed by atoms with Crippen LogP contribution in [0.4, 0.5) is 0 Å². The van der Waals surface area contributed by atoms with Crippen molar-refractivity contribution in [2.75, 3.05) is 32.8 Å². The third-order valence-electron chi connectivity index (χ3n) is 4.44. The summed E-state index contributed by atoms with van der Waals surface area (Å²) in [5, 5.41) is 8.98. The number of carboxylic acid groups (broad SMARTS) is 1. The van der Waals surface area contributed by atoms with Crippen LogP contribution in [-0.4, -0.2) is 53.4 Å². The van der Waals surface area contributed by atoms with Crippen molar-refractivity contribution in [1.29, 1.82) is 0 Å². The molecule has 2 heterocycles. The number of nitrogens with zero attached hydrogens (tertiary/aromatic N) is 2. The molecule has 2 aromatic rings. The Hall–Kier alpha value is -2.44. The van der Waals surface area contributed by atoms with Crippen LogP contribution in [0.25, 0.3) is 11.1 Å². The SMILES string of the molecule is O=C(O)c1ccc(-c2cccn(CCN3CCCOCC3)c2=O)cc1. The number of ether oxygens (including phenoxy) is 1. The fourth-order valence-corrected chi connectivity index (χ4v) is 3.00. The molecule has 1 aromatic carbocycles. The molecule has 1 saturated heterocycles. The van der Waals surface area contributed by atoms with Gasteiger partial charge in [-0.15, -0.1) is 0 Å². The summed E-state index contributed by atoms with van der Waals surface area (Å²) in [6, 6.07) is 10.0. The number of hydrogen-bond acceptors (Lipinski definition) is 4. The predicted octanol–water partition coefficient (Wildman–Crippen LogP) is 1.94. The first-order valence-corrected chi connectivity index (χ1v) is 8.48. The van der Waals surface area contributed by atoms with Gasteiger partial charge in [-0.1, -0.05) is 12.1 Å². The minimum atomic E-state index is -0.974. The average molecular weight is 342 g/mol. The van der Waals surface area contributed by atoms with Crippen LogP contribution < -0.4 is 5.56 Å². The van der Waals surface area contributed by atoms with E-state index in [0.717, 1.165) is 44.8 Å². The summed E-state index contributed by atoms with van der Waals surface area (Å²) >= 11 is 0. The van der Waals surface area contributed by atoms with Crippen molar-refractivity contribution in [1.82, 2.24) is 9.47 Å². The molecular weight excluding hydrogens is 320 g/mol. The highest BCUT2D eigenvalue weighted by molar-refractivity contribution is 5.88. The van der Waals surface area contributed by atoms with Gasteiger partial charge in [-0.05, 0) is 36.2 Å². The van der Waals surface area contributed by atoms with E-state index in [0.29, 0.717) is 12.1 Å². The topological polar surface area (TPSA) is 71.8 Å². The molecule has 1 aliphatic rings. The Balaban J connectivity index is 1.75. The summed E-state index contributed by atoms with van der Waals surface area (Å²) < 4.78 is 7.17. The van der Waals surface area contributed by atoms with Crippen LogP contribution in [0.15, 0.2) is 47.4 Å². The van der Waals surface area contributed by atoms with Gasteiger partial charge in [0.15, 0.2) is 0 Å². The van der Waals surface area contributed by atoms with Crippen LogP contribution in [0.1, 0.15) is 16.8 Å². The molecule has 3 rings (SSSR count). The van der Waals surface area contributed by atoms with Crippen molar-refractivity contribution in [3.05, 3.63) is 58.5 Å². The smallest absolute Gasteiger partial charge is 0.335 e. The Morgan fingerprint density at radius 2 is 1.88 bits per heavy atom. The average Bonchev–Trinajstić information content (AvgIpc) is 2.90. The fourth-order valence-electron chi connectivity index (χ4n) is 3.00. The minimum absolute atomic E-state index is 0.0587. The molecule has 25 heavy (non-hydrogen) atoms. The number of carboxylic acids is 1. The van der Waals surface area contributed by atoms with Gasteiger partial charge in [0.1, 0.15) is 0 Å². The van der Waals surface area contributed by atoms with E-state index in [-0.39, 0.29) is 11.1 Å². The van der Waals surface area contributed by atoms with E-state index in [4.69, 9.17) is 9.84 Å². The Morgan fingerprint density at radius 1 is 1.08 bits per heavy atom. The van der Waals surface area contributed by atoms with Crippen molar-refractivity contribution in [2.24, 2.45) is 0 Å². The standard InChI is InChI=1S/C19H22N2O4/c22-18-17(15-4-6-16(7-5-15)19(23)24)3-1-9-21(18)11-10-20-8-2-13-25-14-12-20/h1,3-7,9H,2,8,10-14H2,(H,23,24). The van der Waals surface area contributed by atoms with E-state index in [9.17, 15) is 9.59 Å². The maximum atomic E-state index is 12.7. The number of hydrogen-bond donors (Lipinski definition) is 1. The number of carbonyl (C=O) groups is 1. The predicted molar refractivity (Wildman–Crippen MR) is 95.0 cm³/mol. The van der Waals surface area contributed by atoms with E-state index in [1.165, 1.54) is 12.1 Å². The first-order chi connectivity index (χ1) is 12.1. The number of aromatic carboxylic acids is 1. The van der Waals surface area contributed by atoms with Gasteiger partial charge in [0.2, 0.25) is 0 Å². The summed E-state index contributed by atoms with van der Waals surface area (Å²) in [6.07, 6.45) is 2.82. The number of aromatic nitrogens is 1. The molecule has 0 radical (unpaired) electrons. The first kappa shape index (κ1) is 17.4. The summed E-state index contributed by atoms with van der Waals surface area (Å²) in [5.41, 5.74) is 1.46. The van der Waals surface area contributed by atoms with E-state index in [1.807, 2.05) is 6.07 Å². The highest BCUT2D eigenvalue weighted by Gasteiger charge is 2.11. The fraction of sp³-hybridized carbons (Fsp3) is 0.368. The molecule has 0 saturated carbocycles. The van der Waals surface area contributed by atoms with Crippen LogP contribution in [0.2, 0.25) is 0 Å². The molecule has 0 bridgehead atoms. The van der Waals surface area contributed by atoms with Crippen LogP contribution in [0, 0.1) is 0 Å². The van der Waals surface area contributed by atoms with E-state index < -0.39 is 5.97 Å². The van der Waals surface area contributed by atoms with Gasteiger partial charge in [-0.25, -0.2) is 4.79 Å². The largest absolute Gasteiger partial charge is 0.478 e. The molecule has 0 aliphatic carbocycles. The van der Waals surface area contributed by atoms with Gasteiger partial charge < -0.3 is 14.4 Å². The second-order valence-corrected chi connectivity index (χ2v) is 6.11. The maximum absolute atomic E-state index is 12.7. The molecule has 1 aliphatic heterocycles. The lowest BCUT2D eigenvalue weighted by atomic mass is 10.1. The van der Waals surface area contributed by atoms with Crippen LogP contribution in [0.3, 0.4) is 0 Å². The third-order valence-corrected chi connectivity index (χ3v) is 4.44. The minimum Gasteiger partial charge on any atom is -0.478 e. The van der Waals surface area contributed by atoms with Crippen molar-refractivity contribution < 1.29 is 14.6 Å². The van der Waals surface area contributed by atoms with Gasteiger partial charge in [0, 0.05) is 44.5 Å². The number of rotatable bonds is 5. The molecule has 1 fully saturated rings. The van der Waals surface area contributed by atoms with Gasteiger partial charge in [-0.3, -0.25) is 9.69 Å². The third kappa shape index (κ3) is 4.35. The van der Waals surface area contributed by atoms with Crippen LogP contribution in [0.5, 0.6) is 0 Å². The highest BCUT2D eigenvalue weighted by atomic mass is 16.5. The Labute approximate surface area is 146 Å². The van der Waals surface area contributed by atoms with Gasteiger partial charge in [0.05, 0.1) is 12.2 Å². The molecule has 0 spiro atoms. The van der Waals surface area contributed by atoms with E-state index in [2.05, 4.69) is 4.90 Å². The normalized spacial score (nSPS) is 15.7. The van der Waals surface area contributed by atoms with Crippen molar-refractivity contribution >= 4 is 5.97 Å². The summed E-state index contributed by atoms with van der Waals surface area (Å²) in [7, 11) is 0. The van der Waals surface area contributed by atoms with Gasteiger partial charge in [0.25, 0.3) is 5.56 Å². The molecule has 6 nitrogen and oxygen atoms in total. The van der Waals surface area contributed by atoms with Crippen LogP contribution >= 0.6 is 0 Å². The zero-order valence-corrected chi connectivity index (χ0v) is 14.1. The van der Waals surface area contributed by atoms with Crippen LogP contribution in [-0.2, 0) is 11.3 Å². The second kappa shape index (κ2) is 8.09. The molecule has 6 heteroatoms. The monoisotopic (exact) mass is 342 g/mol. The molecule has 1 aromatic heterocycles. The Morgan fingerprint density at radius 3 is 2.64 bits per heavy atom. The molecule has 132 valence electrons. The van der Waals surface area contributed by atoms with Gasteiger partial charge >= 0.3 is 5.97 Å². The Bertz CT molecular complexity index is 775. The molecule has 0 amide bonds. The molecule has 0 unspecified atom stereocenters. The summed E-state index contributed by atoms with van der Waals surface area (Å²) in [6.45, 7) is 4.86. The molecular formula is C19H22N2O4. The Kier molecular flexibility index (Phi) is 5.63. The van der Waals surface area contributed by atoms with Gasteiger partial charge in [-0.2, -0.15) is 0 Å². The highest BCUT2D eigenvalue weighted by Crippen LogP contribution is 2.16. The zero-order chi connectivity index (χ0) is 17.6. The van der Waals surface area contributed by atoms with E-state index >= 15 is 0 Å². The quantitative estimate of drug-likeness (QED) is 0.899. The first-order valence-electron chi connectivity index (χ1n) is 8.48. The summed E-state index contributed by atoms with van der Waals surface area (Å²) in [5.74, 6) is -0.974. The number of benzene rings is 1. The summed E-state index contributed by atoms with van der Waals surface area (Å²) in [4.78, 5) is 26.0. The maximum Gasteiger partial charge on any atom is 0.335 e. The zero-order valence-electron chi connectivity index (χ0n) is 14.1. The molecule has 0 atom stereocenters. The second-order valence-electron chi connectivity index (χ2n) is 6.11. The number of pyridine rings is 1. The van der Waals surface area contributed by atoms with E-state index in [1.54, 1.807) is 29.0 Å².